The van der Waals surface area contributed by atoms with Crippen molar-refractivity contribution in [3.05, 3.63) is 52.5 Å². The summed E-state index contributed by atoms with van der Waals surface area (Å²) < 4.78 is 0.777. The molecule has 0 aliphatic carbocycles. The van der Waals surface area contributed by atoms with Gasteiger partial charge in [-0.05, 0) is 59.1 Å². The largest absolute Gasteiger partial charge is 0.399 e. The van der Waals surface area contributed by atoms with Gasteiger partial charge in [0.2, 0.25) is 0 Å². The minimum Gasteiger partial charge on any atom is -0.399 e. The van der Waals surface area contributed by atoms with Crippen molar-refractivity contribution in [2.24, 2.45) is 0 Å². The van der Waals surface area contributed by atoms with Crippen molar-refractivity contribution in [3.8, 4) is 0 Å². The Bertz CT molecular complexity index is 696. The van der Waals surface area contributed by atoms with Crippen LogP contribution in [0.2, 0.25) is 0 Å². The zero-order valence-electron chi connectivity index (χ0n) is 12.2. The number of halogens is 1. The number of nitrogens with zero attached hydrogens (tertiary/aromatic N) is 1. The molecule has 5 heteroatoms. The number of carbonyl (C=O) groups is 1. The third kappa shape index (κ3) is 3.09. The van der Waals surface area contributed by atoms with Crippen molar-refractivity contribution in [3.63, 3.8) is 0 Å². The number of anilines is 3. The average Bonchev–Trinajstić information content (AvgIpc) is 3.02. The van der Waals surface area contributed by atoms with E-state index < -0.39 is 0 Å². The van der Waals surface area contributed by atoms with Gasteiger partial charge in [-0.25, -0.2) is 0 Å². The lowest BCUT2D eigenvalue weighted by Crippen LogP contribution is -2.21. The van der Waals surface area contributed by atoms with Crippen LogP contribution in [0.5, 0.6) is 0 Å². The normalized spacial score (nSPS) is 14.1. The number of amides is 1. The molecule has 0 aromatic heterocycles. The van der Waals surface area contributed by atoms with E-state index in [1.54, 1.807) is 6.07 Å². The van der Waals surface area contributed by atoms with Crippen molar-refractivity contribution >= 4 is 38.9 Å². The maximum atomic E-state index is 12.5. The van der Waals surface area contributed by atoms with E-state index in [1.807, 2.05) is 36.4 Å². The maximum absolute atomic E-state index is 12.5. The Morgan fingerprint density at radius 1 is 1.14 bits per heavy atom. The lowest BCUT2D eigenvalue weighted by molar-refractivity contribution is 0.102. The molecule has 0 atom stereocenters. The van der Waals surface area contributed by atoms with Crippen LogP contribution < -0.4 is 16.0 Å². The summed E-state index contributed by atoms with van der Waals surface area (Å²) in [6.45, 7) is 2.03. The molecule has 0 unspecified atom stereocenters. The zero-order chi connectivity index (χ0) is 15.5. The van der Waals surface area contributed by atoms with Crippen molar-refractivity contribution in [2.45, 2.75) is 12.8 Å². The molecular formula is C17H18BrN3O. The highest BCUT2D eigenvalue weighted by Crippen LogP contribution is 2.31. The molecule has 0 spiro atoms. The summed E-state index contributed by atoms with van der Waals surface area (Å²) in [6.07, 6.45) is 2.37. The number of hydrogen-bond acceptors (Lipinski definition) is 3. The summed E-state index contributed by atoms with van der Waals surface area (Å²) in [5, 5.41) is 2.99. The summed E-state index contributed by atoms with van der Waals surface area (Å²) in [4.78, 5) is 14.8. The molecular weight excluding hydrogens is 342 g/mol. The van der Waals surface area contributed by atoms with Crippen molar-refractivity contribution < 1.29 is 4.79 Å². The van der Waals surface area contributed by atoms with Gasteiger partial charge in [0.1, 0.15) is 0 Å². The van der Waals surface area contributed by atoms with Crippen LogP contribution in [-0.2, 0) is 0 Å². The second kappa shape index (κ2) is 6.40. The molecule has 4 nitrogen and oxygen atoms in total. The van der Waals surface area contributed by atoms with E-state index in [0.717, 1.165) is 28.9 Å². The van der Waals surface area contributed by atoms with Gasteiger partial charge in [0.15, 0.2) is 0 Å². The molecule has 2 aromatic rings. The molecule has 0 radical (unpaired) electrons. The molecule has 1 fully saturated rings. The van der Waals surface area contributed by atoms with Gasteiger partial charge in [-0.3, -0.25) is 4.79 Å². The number of hydrogen-bond donors (Lipinski definition) is 2. The molecule has 1 saturated heterocycles. The first-order valence-electron chi connectivity index (χ1n) is 7.35. The summed E-state index contributed by atoms with van der Waals surface area (Å²) in [5.41, 5.74) is 8.94. The number of rotatable bonds is 3. The van der Waals surface area contributed by atoms with Gasteiger partial charge in [-0.2, -0.15) is 0 Å². The minimum absolute atomic E-state index is 0.140. The highest BCUT2D eigenvalue weighted by molar-refractivity contribution is 9.10. The monoisotopic (exact) mass is 359 g/mol. The lowest BCUT2D eigenvalue weighted by Gasteiger charge is -2.22. The Hall–Kier alpha value is -2.01. The van der Waals surface area contributed by atoms with Crippen LogP contribution in [0.1, 0.15) is 23.2 Å². The van der Waals surface area contributed by atoms with E-state index in [4.69, 9.17) is 5.73 Å². The molecule has 1 heterocycles. The number of nitrogen functional groups attached to an aromatic ring is 1. The highest BCUT2D eigenvalue weighted by atomic mass is 79.9. The predicted molar refractivity (Wildman–Crippen MR) is 94.4 cm³/mol. The first kappa shape index (κ1) is 14.9. The number of benzene rings is 2. The van der Waals surface area contributed by atoms with E-state index >= 15 is 0 Å². The summed E-state index contributed by atoms with van der Waals surface area (Å²) >= 11 is 3.41. The number of carbonyl (C=O) groups excluding carboxylic acids is 1. The van der Waals surface area contributed by atoms with Crippen LogP contribution in [0, 0.1) is 0 Å². The van der Waals surface area contributed by atoms with E-state index in [9.17, 15) is 4.79 Å². The van der Waals surface area contributed by atoms with E-state index in [2.05, 4.69) is 26.1 Å². The Labute approximate surface area is 138 Å². The Balaban J connectivity index is 1.89. The average molecular weight is 360 g/mol. The first-order chi connectivity index (χ1) is 10.6. The first-order valence-corrected chi connectivity index (χ1v) is 8.15. The number of nitrogens with two attached hydrogens (primary N) is 1. The van der Waals surface area contributed by atoms with E-state index in [1.165, 1.54) is 12.8 Å². The molecule has 0 bridgehead atoms. The van der Waals surface area contributed by atoms with Crippen molar-refractivity contribution in [2.75, 3.05) is 29.0 Å². The molecule has 1 aliphatic rings. The van der Waals surface area contributed by atoms with Gasteiger partial charge in [0, 0.05) is 23.2 Å². The molecule has 3 rings (SSSR count). The van der Waals surface area contributed by atoms with Crippen LogP contribution >= 0.6 is 15.9 Å². The minimum atomic E-state index is -0.140. The molecule has 114 valence electrons. The van der Waals surface area contributed by atoms with Crippen LogP contribution in [0.4, 0.5) is 17.1 Å². The maximum Gasteiger partial charge on any atom is 0.256 e. The smallest absolute Gasteiger partial charge is 0.256 e. The van der Waals surface area contributed by atoms with Crippen LogP contribution in [0.3, 0.4) is 0 Å². The van der Waals surface area contributed by atoms with Crippen LogP contribution in [-0.4, -0.2) is 19.0 Å². The quantitative estimate of drug-likeness (QED) is 0.817. The molecule has 2 aromatic carbocycles. The second-order valence-electron chi connectivity index (χ2n) is 5.40. The summed E-state index contributed by atoms with van der Waals surface area (Å²) in [6, 6.07) is 13.1. The third-order valence-electron chi connectivity index (χ3n) is 3.83. The predicted octanol–water partition coefficient (Wildman–Crippen LogP) is 3.88. The fraction of sp³-hybridized carbons (Fsp3) is 0.235. The van der Waals surface area contributed by atoms with Crippen molar-refractivity contribution in [1.82, 2.24) is 0 Å². The Morgan fingerprint density at radius 3 is 2.59 bits per heavy atom. The molecule has 3 N–H and O–H groups in total. The summed E-state index contributed by atoms with van der Waals surface area (Å²) in [5.74, 6) is -0.140. The Morgan fingerprint density at radius 2 is 1.86 bits per heavy atom. The third-order valence-corrected chi connectivity index (χ3v) is 4.53. The van der Waals surface area contributed by atoms with E-state index in [0.29, 0.717) is 11.3 Å². The standard InChI is InChI=1S/C17H18BrN3O/c18-14-6-2-1-5-13(14)17(22)20-15-11-12(19)7-8-16(15)21-9-3-4-10-21/h1-2,5-8,11H,3-4,9-10,19H2,(H,20,22). The highest BCUT2D eigenvalue weighted by Gasteiger charge is 2.18. The van der Waals surface area contributed by atoms with Gasteiger partial charge in [0.05, 0.1) is 16.9 Å². The molecule has 1 aliphatic heterocycles. The van der Waals surface area contributed by atoms with Crippen molar-refractivity contribution in [1.29, 1.82) is 0 Å². The fourth-order valence-electron chi connectivity index (χ4n) is 2.72. The Kier molecular flexibility index (Phi) is 4.34. The lowest BCUT2D eigenvalue weighted by atomic mass is 10.2. The fourth-order valence-corrected chi connectivity index (χ4v) is 3.19. The molecule has 0 saturated carbocycles. The zero-order valence-corrected chi connectivity index (χ0v) is 13.8. The topological polar surface area (TPSA) is 58.4 Å². The summed E-state index contributed by atoms with van der Waals surface area (Å²) in [7, 11) is 0. The van der Waals surface area contributed by atoms with Gasteiger partial charge in [-0.15, -0.1) is 0 Å². The van der Waals surface area contributed by atoms with Crippen LogP contribution in [0.15, 0.2) is 46.9 Å². The SMILES string of the molecule is Nc1ccc(N2CCCC2)c(NC(=O)c2ccccc2Br)c1. The van der Waals surface area contributed by atoms with Crippen LogP contribution in [0.25, 0.3) is 0 Å². The van der Waals surface area contributed by atoms with Gasteiger partial charge in [-0.1, -0.05) is 12.1 Å². The second-order valence-corrected chi connectivity index (χ2v) is 6.26. The molecule has 22 heavy (non-hydrogen) atoms. The molecule has 1 amide bonds. The number of nitrogens with one attached hydrogen (secondary N) is 1. The van der Waals surface area contributed by atoms with E-state index in [-0.39, 0.29) is 5.91 Å². The van der Waals surface area contributed by atoms with Gasteiger partial charge in [0.25, 0.3) is 5.91 Å². The van der Waals surface area contributed by atoms with Gasteiger partial charge >= 0.3 is 0 Å². The van der Waals surface area contributed by atoms with Gasteiger partial charge < -0.3 is 16.0 Å².